The third-order valence-electron chi connectivity index (χ3n) is 2.40. The molecule has 3 heteroatoms. The average molecular weight is 213 g/mol. The van der Waals surface area contributed by atoms with Crippen molar-refractivity contribution >= 4 is 5.78 Å². The molecular weight excluding hydrogens is 202 g/mol. The fourth-order valence-corrected chi connectivity index (χ4v) is 1.55. The smallest absolute Gasteiger partial charge is 0.255 e. The maximum absolute atomic E-state index is 11.6. The van der Waals surface area contributed by atoms with Crippen LogP contribution < -0.4 is 5.56 Å². The first-order valence-electron chi connectivity index (χ1n) is 4.97. The molecule has 0 spiro atoms. The molecule has 0 saturated heterocycles. The second-order valence-electron chi connectivity index (χ2n) is 3.55. The zero-order valence-corrected chi connectivity index (χ0v) is 8.86. The lowest BCUT2D eigenvalue weighted by molar-refractivity contribution is 0.101. The van der Waals surface area contributed by atoms with Gasteiger partial charge in [0.25, 0.3) is 5.56 Å². The largest absolute Gasteiger partial charge is 0.329 e. The van der Waals surface area contributed by atoms with E-state index in [4.69, 9.17) is 0 Å². The molecule has 0 aliphatic rings. The summed E-state index contributed by atoms with van der Waals surface area (Å²) in [5.41, 5.74) is 1.80. The first kappa shape index (κ1) is 10.4. The molecule has 0 saturated carbocycles. The molecule has 16 heavy (non-hydrogen) atoms. The summed E-state index contributed by atoms with van der Waals surface area (Å²) in [6.07, 6.45) is 1.58. The number of H-pyrrole nitrogens is 1. The quantitative estimate of drug-likeness (QED) is 0.778. The Morgan fingerprint density at radius 2 is 2.00 bits per heavy atom. The van der Waals surface area contributed by atoms with E-state index in [1.54, 1.807) is 36.5 Å². The Morgan fingerprint density at radius 3 is 2.69 bits per heavy atom. The Morgan fingerprint density at radius 1 is 1.19 bits per heavy atom. The topological polar surface area (TPSA) is 49.9 Å². The number of rotatable bonds is 2. The summed E-state index contributed by atoms with van der Waals surface area (Å²) in [5, 5.41) is 0. The highest BCUT2D eigenvalue weighted by atomic mass is 16.1. The van der Waals surface area contributed by atoms with E-state index in [-0.39, 0.29) is 11.3 Å². The van der Waals surface area contributed by atoms with Gasteiger partial charge in [-0.1, -0.05) is 18.2 Å². The summed E-state index contributed by atoms with van der Waals surface area (Å²) < 4.78 is 0. The van der Waals surface area contributed by atoms with Crippen LogP contribution in [0, 0.1) is 0 Å². The van der Waals surface area contributed by atoms with Gasteiger partial charge in [-0.2, -0.15) is 0 Å². The lowest BCUT2D eigenvalue weighted by Crippen LogP contribution is -2.07. The molecule has 1 aromatic heterocycles. The number of aromatic amines is 1. The maximum Gasteiger partial charge on any atom is 0.255 e. The first-order valence-corrected chi connectivity index (χ1v) is 4.97. The van der Waals surface area contributed by atoms with Crippen LogP contribution in [0.25, 0.3) is 11.1 Å². The van der Waals surface area contributed by atoms with E-state index in [0.717, 1.165) is 5.56 Å². The SMILES string of the molecule is CC(=O)c1cccc(-c2ccc[nH]c2=O)c1. The Kier molecular flexibility index (Phi) is 2.68. The van der Waals surface area contributed by atoms with Gasteiger partial charge in [0, 0.05) is 17.3 Å². The standard InChI is InChI=1S/C13H11NO2/c1-9(15)10-4-2-5-11(8-10)12-6-3-7-14-13(12)16/h2-8H,1H3,(H,14,16). The number of ketones is 1. The lowest BCUT2D eigenvalue weighted by atomic mass is 10.0. The zero-order valence-electron chi connectivity index (χ0n) is 8.86. The van der Waals surface area contributed by atoms with Crippen molar-refractivity contribution in [2.45, 2.75) is 6.92 Å². The number of hydrogen-bond donors (Lipinski definition) is 1. The van der Waals surface area contributed by atoms with Crippen LogP contribution >= 0.6 is 0 Å². The maximum atomic E-state index is 11.6. The van der Waals surface area contributed by atoms with Crippen molar-refractivity contribution in [2.75, 3.05) is 0 Å². The van der Waals surface area contributed by atoms with E-state index in [2.05, 4.69) is 4.98 Å². The van der Waals surface area contributed by atoms with Gasteiger partial charge in [-0.05, 0) is 30.7 Å². The van der Waals surface area contributed by atoms with Crippen molar-refractivity contribution in [3.63, 3.8) is 0 Å². The molecule has 1 aromatic carbocycles. The minimum atomic E-state index is -0.150. The third kappa shape index (κ3) is 1.93. The van der Waals surface area contributed by atoms with Crippen LogP contribution in [0.3, 0.4) is 0 Å². The van der Waals surface area contributed by atoms with Crippen molar-refractivity contribution < 1.29 is 4.79 Å². The fourth-order valence-electron chi connectivity index (χ4n) is 1.55. The van der Waals surface area contributed by atoms with Gasteiger partial charge in [-0.15, -0.1) is 0 Å². The van der Waals surface area contributed by atoms with Crippen molar-refractivity contribution in [3.05, 3.63) is 58.5 Å². The summed E-state index contributed by atoms with van der Waals surface area (Å²) in [4.78, 5) is 25.4. The Bertz CT molecular complexity index is 584. The van der Waals surface area contributed by atoms with Crippen molar-refractivity contribution in [1.82, 2.24) is 4.98 Å². The highest BCUT2D eigenvalue weighted by molar-refractivity contribution is 5.95. The van der Waals surface area contributed by atoms with Crippen LogP contribution in [0.1, 0.15) is 17.3 Å². The number of benzene rings is 1. The zero-order chi connectivity index (χ0) is 11.5. The van der Waals surface area contributed by atoms with E-state index in [1.807, 2.05) is 6.07 Å². The van der Waals surface area contributed by atoms with Crippen molar-refractivity contribution in [2.24, 2.45) is 0 Å². The summed E-state index contributed by atoms with van der Waals surface area (Å²) in [5.74, 6) is -0.00536. The number of nitrogens with one attached hydrogen (secondary N) is 1. The van der Waals surface area contributed by atoms with Gasteiger partial charge < -0.3 is 4.98 Å². The van der Waals surface area contributed by atoms with Crippen LogP contribution in [0.4, 0.5) is 0 Å². The van der Waals surface area contributed by atoms with E-state index in [1.165, 1.54) is 6.92 Å². The molecule has 0 bridgehead atoms. The van der Waals surface area contributed by atoms with E-state index >= 15 is 0 Å². The molecule has 80 valence electrons. The number of aromatic nitrogens is 1. The monoisotopic (exact) mass is 213 g/mol. The Hall–Kier alpha value is -2.16. The van der Waals surface area contributed by atoms with Gasteiger partial charge in [0.2, 0.25) is 0 Å². The molecule has 2 aromatic rings. The Labute approximate surface area is 92.8 Å². The van der Waals surface area contributed by atoms with Crippen LogP contribution in [-0.2, 0) is 0 Å². The lowest BCUT2D eigenvalue weighted by Gasteiger charge is -2.01. The molecule has 3 nitrogen and oxygen atoms in total. The number of pyridine rings is 1. The average Bonchev–Trinajstić information content (AvgIpc) is 2.30. The molecule has 1 heterocycles. The van der Waals surface area contributed by atoms with Gasteiger partial charge >= 0.3 is 0 Å². The molecule has 0 atom stereocenters. The first-order chi connectivity index (χ1) is 7.68. The highest BCUT2D eigenvalue weighted by Crippen LogP contribution is 2.16. The normalized spacial score (nSPS) is 10.1. The predicted molar refractivity (Wildman–Crippen MR) is 62.5 cm³/mol. The highest BCUT2D eigenvalue weighted by Gasteiger charge is 2.04. The van der Waals surface area contributed by atoms with E-state index < -0.39 is 0 Å². The number of carbonyl (C=O) groups excluding carboxylic acids is 1. The molecule has 0 amide bonds. The predicted octanol–water partition coefficient (Wildman–Crippen LogP) is 2.24. The minimum absolute atomic E-state index is 0.00536. The van der Waals surface area contributed by atoms with Crippen LogP contribution in [-0.4, -0.2) is 10.8 Å². The number of hydrogen-bond acceptors (Lipinski definition) is 2. The van der Waals surface area contributed by atoms with Gasteiger partial charge in [-0.3, -0.25) is 9.59 Å². The molecule has 2 rings (SSSR count). The molecule has 0 radical (unpaired) electrons. The summed E-state index contributed by atoms with van der Waals surface area (Å²) in [7, 11) is 0. The van der Waals surface area contributed by atoms with Crippen molar-refractivity contribution in [1.29, 1.82) is 0 Å². The van der Waals surface area contributed by atoms with Gasteiger partial charge in [0.05, 0.1) is 0 Å². The van der Waals surface area contributed by atoms with Gasteiger partial charge in [0.15, 0.2) is 5.78 Å². The molecule has 0 unspecified atom stereocenters. The fraction of sp³-hybridized carbons (Fsp3) is 0.0769. The molecule has 0 fully saturated rings. The van der Waals surface area contributed by atoms with E-state index in [0.29, 0.717) is 11.1 Å². The number of carbonyl (C=O) groups is 1. The summed E-state index contributed by atoms with van der Waals surface area (Å²) >= 11 is 0. The van der Waals surface area contributed by atoms with Crippen LogP contribution in [0.15, 0.2) is 47.4 Å². The molecule has 0 aliphatic carbocycles. The van der Waals surface area contributed by atoms with Crippen LogP contribution in [0.5, 0.6) is 0 Å². The summed E-state index contributed by atoms with van der Waals surface area (Å²) in [6, 6.07) is 10.6. The molecular formula is C13H11NO2. The summed E-state index contributed by atoms with van der Waals surface area (Å²) in [6.45, 7) is 1.51. The van der Waals surface area contributed by atoms with Gasteiger partial charge in [-0.25, -0.2) is 0 Å². The second-order valence-corrected chi connectivity index (χ2v) is 3.55. The van der Waals surface area contributed by atoms with E-state index in [9.17, 15) is 9.59 Å². The second kappa shape index (κ2) is 4.14. The Balaban J connectivity index is 2.57. The molecule has 0 aliphatic heterocycles. The van der Waals surface area contributed by atoms with Gasteiger partial charge in [0.1, 0.15) is 0 Å². The third-order valence-corrected chi connectivity index (χ3v) is 2.40. The number of Topliss-reactive ketones (excluding diaryl/α,β-unsaturated/α-hetero) is 1. The van der Waals surface area contributed by atoms with Crippen molar-refractivity contribution in [3.8, 4) is 11.1 Å². The molecule has 1 N–H and O–H groups in total. The van der Waals surface area contributed by atoms with Crippen LogP contribution in [0.2, 0.25) is 0 Å². The minimum Gasteiger partial charge on any atom is -0.329 e.